The van der Waals surface area contributed by atoms with Crippen molar-refractivity contribution in [1.29, 1.82) is 0 Å². The molecule has 1 saturated carbocycles. The second-order valence-electron chi connectivity index (χ2n) is 5.41. The SMILES string of the molecule is CCCNC1CCCCC1Oc1ccc(Cl)c(C)c1. The number of ether oxygens (including phenoxy) is 1. The third kappa shape index (κ3) is 4.12. The molecule has 2 unspecified atom stereocenters. The Bertz CT molecular complexity index is 408. The molecule has 1 aromatic carbocycles. The van der Waals surface area contributed by atoms with Crippen LogP contribution < -0.4 is 10.1 Å². The molecule has 0 bridgehead atoms. The highest BCUT2D eigenvalue weighted by Crippen LogP contribution is 2.26. The minimum Gasteiger partial charge on any atom is -0.489 e. The molecule has 2 rings (SSSR count). The van der Waals surface area contributed by atoms with Crippen molar-refractivity contribution in [3.8, 4) is 5.75 Å². The molecule has 2 atom stereocenters. The maximum atomic E-state index is 6.18. The normalized spacial score (nSPS) is 23.3. The van der Waals surface area contributed by atoms with Crippen LogP contribution in [0.3, 0.4) is 0 Å². The summed E-state index contributed by atoms with van der Waals surface area (Å²) in [5, 5.41) is 4.42. The first kappa shape index (κ1) is 14.7. The van der Waals surface area contributed by atoms with Crippen LogP contribution in [-0.2, 0) is 0 Å². The summed E-state index contributed by atoms with van der Waals surface area (Å²) in [6.45, 7) is 5.29. The second-order valence-corrected chi connectivity index (χ2v) is 5.82. The second kappa shape index (κ2) is 7.16. The lowest BCUT2D eigenvalue weighted by atomic mass is 9.92. The van der Waals surface area contributed by atoms with Crippen molar-refractivity contribution in [2.75, 3.05) is 6.54 Å². The Kier molecular flexibility index (Phi) is 5.53. The zero-order valence-electron chi connectivity index (χ0n) is 11.9. The molecule has 106 valence electrons. The van der Waals surface area contributed by atoms with Crippen LogP contribution in [0.5, 0.6) is 5.75 Å². The van der Waals surface area contributed by atoms with E-state index in [4.69, 9.17) is 16.3 Å². The van der Waals surface area contributed by atoms with E-state index in [9.17, 15) is 0 Å². The lowest BCUT2D eigenvalue weighted by Crippen LogP contribution is -2.45. The van der Waals surface area contributed by atoms with Gasteiger partial charge < -0.3 is 10.1 Å². The number of rotatable bonds is 5. The molecular weight excluding hydrogens is 258 g/mol. The Morgan fingerprint density at radius 3 is 2.84 bits per heavy atom. The van der Waals surface area contributed by atoms with Crippen LogP contribution in [0.1, 0.15) is 44.6 Å². The number of hydrogen-bond donors (Lipinski definition) is 1. The van der Waals surface area contributed by atoms with E-state index >= 15 is 0 Å². The lowest BCUT2D eigenvalue weighted by molar-refractivity contribution is 0.114. The molecule has 0 aromatic heterocycles. The van der Waals surface area contributed by atoms with Gasteiger partial charge in [0, 0.05) is 11.1 Å². The molecule has 2 nitrogen and oxygen atoms in total. The van der Waals surface area contributed by atoms with E-state index in [2.05, 4.69) is 12.2 Å². The van der Waals surface area contributed by atoms with Crippen molar-refractivity contribution < 1.29 is 4.74 Å². The topological polar surface area (TPSA) is 21.3 Å². The van der Waals surface area contributed by atoms with Gasteiger partial charge in [-0.2, -0.15) is 0 Å². The number of nitrogens with one attached hydrogen (secondary N) is 1. The standard InChI is InChI=1S/C16H24ClNO/c1-3-10-18-15-6-4-5-7-16(15)19-13-8-9-14(17)12(2)11-13/h8-9,11,15-16,18H,3-7,10H2,1-2H3. The predicted molar refractivity (Wildman–Crippen MR) is 81.2 cm³/mol. The summed E-state index contributed by atoms with van der Waals surface area (Å²) in [4.78, 5) is 0. The fourth-order valence-electron chi connectivity index (χ4n) is 2.67. The Labute approximate surface area is 121 Å². The van der Waals surface area contributed by atoms with Crippen molar-refractivity contribution >= 4 is 11.6 Å². The molecule has 1 fully saturated rings. The fraction of sp³-hybridized carbons (Fsp3) is 0.625. The van der Waals surface area contributed by atoms with Crippen molar-refractivity contribution in [1.82, 2.24) is 5.32 Å². The molecule has 0 spiro atoms. The third-order valence-corrected chi connectivity index (χ3v) is 4.20. The monoisotopic (exact) mass is 281 g/mol. The van der Waals surface area contributed by atoms with Crippen LogP contribution in [0.15, 0.2) is 18.2 Å². The van der Waals surface area contributed by atoms with Crippen molar-refractivity contribution in [3.63, 3.8) is 0 Å². The van der Waals surface area contributed by atoms with E-state index in [-0.39, 0.29) is 0 Å². The van der Waals surface area contributed by atoms with Crippen LogP contribution in [0.4, 0.5) is 0 Å². The van der Waals surface area contributed by atoms with Crippen LogP contribution in [0.25, 0.3) is 0 Å². The molecular formula is C16H24ClNO. The summed E-state index contributed by atoms with van der Waals surface area (Å²) in [7, 11) is 0. The Hall–Kier alpha value is -0.730. The van der Waals surface area contributed by atoms with Gasteiger partial charge in [0.05, 0.1) is 0 Å². The van der Waals surface area contributed by atoms with E-state index in [1.165, 1.54) is 25.7 Å². The summed E-state index contributed by atoms with van der Waals surface area (Å²) in [6, 6.07) is 6.42. The summed E-state index contributed by atoms with van der Waals surface area (Å²) in [6.07, 6.45) is 6.40. The maximum absolute atomic E-state index is 6.18. The fourth-order valence-corrected chi connectivity index (χ4v) is 2.78. The van der Waals surface area contributed by atoms with Crippen molar-refractivity contribution in [2.24, 2.45) is 0 Å². The predicted octanol–water partition coefficient (Wildman–Crippen LogP) is 4.34. The smallest absolute Gasteiger partial charge is 0.120 e. The zero-order valence-corrected chi connectivity index (χ0v) is 12.7. The molecule has 1 aromatic rings. The average Bonchev–Trinajstić information content (AvgIpc) is 2.42. The Balaban J connectivity index is 1.99. The van der Waals surface area contributed by atoms with Gasteiger partial charge in [0.1, 0.15) is 11.9 Å². The van der Waals surface area contributed by atoms with Crippen LogP contribution in [-0.4, -0.2) is 18.7 Å². The molecule has 0 heterocycles. The van der Waals surface area contributed by atoms with E-state index in [1.807, 2.05) is 25.1 Å². The molecule has 1 aliphatic carbocycles. The van der Waals surface area contributed by atoms with E-state index < -0.39 is 0 Å². The summed E-state index contributed by atoms with van der Waals surface area (Å²) >= 11 is 6.05. The van der Waals surface area contributed by atoms with Gasteiger partial charge in [-0.25, -0.2) is 0 Å². The van der Waals surface area contributed by atoms with Crippen LogP contribution in [0.2, 0.25) is 5.02 Å². The summed E-state index contributed by atoms with van der Waals surface area (Å²) in [5.74, 6) is 0.942. The Morgan fingerprint density at radius 1 is 1.32 bits per heavy atom. The highest BCUT2D eigenvalue weighted by molar-refractivity contribution is 6.31. The summed E-state index contributed by atoms with van der Waals surface area (Å²) < 4.78 is 6.18. The quantitative estimate of drug-likeness (QED) is 0.867. The first-order chi connectivity index (χ1) is 9.20. The van der Waals surface area contributed by atoms with Gasteiger partial charge in [-0.05, 0) is 62.9 Å². The highest BCUT2D eigenvalue weighted by Gasteiger charge is 2.26. The van der Waals surface area contributed by atoms with Gasteiger partial charge in [0.15, 0.2) is 0 Å². The van der Waals surface area contributed by atoms with Crippen LogP contribution in [0, 0.1) is 6.92 Å². The molecule has 19 heavy (non-hydrogen) atoms. The number of benzene rings is 1. The van der Waals surface area contributed by atoms with Gasteiger partial charge in [-0.15, -0.1) is 0 Å². The largest absolute Gasteiger partial charge is 0.489 e. The zero-order chi connectivity index (χ0) is 13.7. The first-order valence-electron chi connectivity index (χ1n) is 7.37. The van der Waals surface area contributed by atoms with Crippen molar-refractivity contribution in [2.45, 2.75) is 58.1 Å². The summed E-state index contributed by atoms with van der Waals surface area (Å²) in [5.41, 5.74) is 1.08. The molecule has 0 radical (unpaired) electrons. The van der Waals surface area contributed by atoms with Gasteiger partial charge >= 0.3 is 0 Å². The number of hydrogen-bond acceptors (Lipinski definition) is 2. The molecule has 0 aliphatic heterocycles. The Morgan fingerprint density at radius 2 is 2.11 bits per heavy atom. The third-order valence-electron chi connectivity index (χ3n) is 3.78. The van der Waals surface area contributed by atoms with Gasteiger partial charge in [0.25, 0.3) is 0 Å². The minimum absolute atomic E-state index is 0.292. The van der Waals surface area contributed by atoms with E-state index in [0.29, 0.717) is 12.1 Å². The van der Waals surface area contributed by atoms with Gasteiger partial charge in [-0.3, -0.25) is 0 Å². The number of aryl methyl sites for hydroxylation is 1. The maximum Gasteiger partial charge on any atom is 0.120 e. The first-order valence-corrected chi connectivity index (χ1v) is 7.74. The van der Waals surface area contributed by atoms with Crippen LogP contribution >= 0.6 is 11.6 Å². The van der Waals surface area contributed by atoms with E-state index in [0.717, 1.165) is 29.3 Å². The lowest BCUT2D eigenvalue weighted by Gasteiger charge is -2.32. The van der Waals surface area contributed by atoms with Crippen molar-refractivity contribution in [3.05, 3.63) is 28.8 Å². The molecule has 0 saturated heterocycles. The molecule has 3 heteroatoms. The molecule has 1 N–H and O–H groups in total. The minimum atomic E-state index is 0.292. The van der Waals surface area contributed by atoms with Gasteiger partial charge in [-0.1, -0.05) is 24.9 Å². The van der Waals surface area contributed by atoms with E-state index in [1.54, 1.807) is 0 Å². The molecule has 0 amide bonds. The molecule has 1 aliphatic rings. The van der Waals surface area contributed by atoms with Gasteiger partial charge in [0.2, 0.25) is 0 Å². The average molecular weight is 282 g/mol. The number of halogens is 1. The highest BCUT2D eigenvalue weighted by atomic mass is 35.5.